The molecule has 0 aromatic heterocycles. The predicted octanol–water partition coefficient (Wildman–Crippen LogP) is 2.15. The minimum Gasteiger partial charge on any atom is -0.358 e. The van der Waals surface area contributed by atoms with E-state index in [-0.39, 0.29) is 5.41 Å². The lowest BCUT2D eigenvalue weighted by molar-refractivity contribution is 0.451. The molecule has 1 saturated carbocycles. The molecule has 0 amide bonds. The Bertz CT molecular complexity index is 487. The van der Waals surface area contributed by atoms with Crippen molar-refractivity contribution in [3.05, 3.63) is 35.4 Å². The Kier molecular flexibility index (Phi) is 3.31. The number of likely N-dealkylation sites (N-methyl/N-ethyl adjacent to an activating group) is 1. The number of benzene rings is 1. The van der Waals surface area contributed by atoms with E-state index < -0.39 is 0 Å². The van der Waals surface area contributed by atoms with Gasteiger partial charge in [0.15, 0.2) is 0 Å². The van der Waals surface area contributed by atoms with Crippen LogP contribution in [0.1, 0.15) is 36.8 Å². The SMILES string of the molecule is CN1CCN=C1c1ccccc1C1(CN)CCCC1. The highest BCUT2D eigenvalue weighted by molar-refractivity contribution is 6.01. The predicted molar refractivity (Wildman–Crippen MR) is 79.7 cm³/mol. The van der Waals surface area contributed by atoms with Crippen molar-refractivity contribution in [2.24, 2.45) is 10.7 Å². The fraction of sp³-hybridized carbons (Fsp3) is 0.562. The number of hydrogen-bond donors (Lipinski definition) is 1. The molecule has 2 N–H and O–H groups in total. The van der Waals surface area contributed by atoms with Crippen LogP contribution in [0.15, 0.2) is 29.3 Å². The van der Waals surface area contributed by atoms with E-state index in [4.69, 9.17) is 5.73 Å². The van der Waals surface area contributed by atoms with E-state index >= 15 is 0 Å². The molecule has 1 aliphatic heterocycles. The molecule has 0 unspecified atom stereocenters. The van der Waals surface area contributed by atoms with Crippen LogP contribution in [0.25, 0.3) is 0 Å². The summed E-state index contributed by atoms with van der Waals surface area (Å²) in [5, 5.41) is 0. The van der Waals surface area contributed by atoms with Gasteiger partial charge < -0.3 is 10.6 Å². The van der Waals surface area contributed by atoms with E-state index in [2.05, 4.69) is 41.2 Å². The maximum atomic E-state index is 6.15. The topological polar surface area (TPSA) is 41.6 Å². The zero-order valence-corrected chi connectivity index (χ0v) is 11.7. The molecular formula is C16H23N3. The zero-order chi connectivity index (χ0) is 13.3. The highest BCUT2D eigenvalue weighted by Crippen LogP contribution is 2.42. The summed E-state index contributed by atoms with van der Waals surface area (Å²) in [6.45, 7) is 2.69. The van der Waals surface area contributed by atoms with Crippen LogP contribution in [-0.2, 0) is 5.41 Å². The van der Waals surface area contributed by atoms with Crippen LogP contribution in [0.5, 0.6) is 0 Å². The van der Waals surface area contributed by atoms with Crippen LogP contribution in [0.4, 0.5) is 0 Å². The molecule has 0 atom stereocenters. The molecule has 2 aliphatic rings. The first-order valence-corrected chi connectivity index (χ1v) is 7.32. The molecule has 0 saturated heterocycles. The summed E-state index contributed by atoms with van der Waals surface area (Å²) in [7, 11) is 2.13. The molecule has 3 heteroatoms. The Balaban J connectivity index is 2.07. The summed E-state index contributed by atoms with van der Waals surface area (Å²) in [6, 6.07) is 8.74. The molecule has 0 spiro atoms. The van der Waals surface area contributed by atoms with Gasteiger partial charge in [0.2, 0.25) is 0 Å². The van der Waals surface area contributed by atoms with Crippen LogP contribution in [0, 0.1) is 0 Å². The molecule has 0 bridgehead atoms. The monoisotopic (exact) mass is 257 g/mol. The summed E-state index contributed by atoms with van der Waals surface area (Å²) in [5.74, 6) is 1.15. The van der Waals surface area contributed by atoms with Gasteiger partial charge in [0.25, 0.3) is 0 Å². The maximum absolute atomic E-state index is 6.15. The molecule has 1 aliphatic carbocycles. The third-order valence-corrected chi connectivity index (χ3v) is 4.75. The molecular weight excluding hydrogens is 234 g/mol. The first-order valence-electron chi connectivity index (χ1n) is 7.32. The van der Waals surface area contributed by atoms with E-state index in [1.165, 1.54) is 36.8 Å². The quantitative estimate of drug-likeness (QED) is 0.901. The Morgan fingerprint density at radius 2 is 2.00 bits per heavy atom. The largest absolute Gasteiger partial charge is 0.358 e. The second kappa shape index (κ2) is 4.97. The van der Waals surface area contributed by atoms with E-state index in [9.17, 15) is 0 Å². The van der Waals surface area contributed by atoms with Crippen molar-refractivity contribution >= 4 is 5.84 Å². The number of rotatable bonds is 3. The molecule has 19 heavy (non-hydrogen) atoms. The lowest BCUT2D eigenvalue weighted by Gasteiger charge is -2.31. The Hall–Kier alpha value is -1.35. The number of aliphatic imine (C=N–C) groups is 1. The molecule has 0 radical (unpaired) electrons. The van der Waals surface area contributed by atoms with Gasteiger partial charge in [0, 0.05) is 31.1 Å². The Morgan fingerprint density at radius 3 is 2.63 bits per heavy atom. The van der Waals surface area contributed by atoms with E-state index in [1.54, 1.807) is 0 Å². The van der Waals surface area contributed by atoms with Crippen molar-refractivity contribution in [3.63, 3.8) is 0 Å². The van der Waals surface area contributed by atoms with Gasteiger partial charge >= 0.3 is 0 Å². The van der Waals surface area contributed by atoms with Gasteiger partial charge in [-0.2, -0.15) is 0 Å². The lowest BCUT2D eigenvalue weighted by atomic mass is 9.76. The standard InChI is InChI=1S/C16H23N3/c1-19-11-10-18-15(19)13-6-2-3-7-14(13)16(12-17)8-4-5-9-16/h2-3,6-7H,4-5,8-12,17H2,1H3. The first-order chi connectivity index (χ1) is 9.27. The van der Waals surface area contributed by atoms with Crippen LogP contribution in [0.2, 0.25) is 0 Å². The van der Waals surface area contributed by atoms with Gasteiger partial charge in [-0.25, -0.2) is 0 Å². The highest BCUT2D eigenvalue weighted by Gasteiger charge is 2.37. The molecule has 1 aromatic carbocycles. The lowest BCUT2D eigenvalue weighted by Crippen LogP contribution is -2.35. The third kappa shape index (κ3) is 2.06. The van der Waals surface area contributed by atoms with Crippen LogP contribution in [0.3, 0.4) is 0 Å². The molecule has 1 fully saturated rings. The average Bonchev–Trinajstić information content (AvgIpc) is 3.08. The van der Waals surface area contributed by atoms with Crippen molar-refractivity contribution in [2.75, 3.05) is 26.7 Å². The van der Waals surface area contributed by atoms with E-state index in [1.807, 2.05) is 0 Å². The fourth-order valence-corrected chi connectivity index (χ4v) is 3.60. The minimum absolute atomic E-state index is 0.183. The van der Waals surface area contributed by atoms with Crippen molar-refractivity contribution < 1.29 is 0 Å². The van der Waals surface area contributed by atoms with E-state index in [0.29, 0.717) is 0 Å². The van der Waals surface area contributed by atoms with Crippen molar-refractivity contribution in [1.29, 1.82) is 0 Å². The second-order valence-electron chi connectivity index (χ2n) is 5.86. The summed E-state index contributed by atoms with van der Waals surface area (Å²) >= 11 is 0. The van der Waals surface area contributed by atoms with Gasteiger partial charge in [-0.1, -0.05) is 37.1 Å². The summed E-state index contributed by atoms with van der Waals surface area (Å²) < 4.78 is 0. The Labute approximate surface area is 115 Å². The molecule has 1 heterocycles. The molecule has 102 valence electrons. The maximum Gasteiger partial charge on any atom is 0.131 e. The normalized spacial score (nSPS) is 21.8. The van der Waals surface area contributed by atoms with Crippen LogP contribution in [-0.4, -0.2) is 37.4 Å². The smallest absolute Gasteiger partial charge is 0.131 e. The van der Waals surface area contributed by atoms with Crippen LogP contribution >= 0.6 is 0 Å². The van der Waals surface area contributed by atoms with Gasteiger partial charge in [0.05, 0.1) is 6.54 Å². The zero-order valence-electron chi connectivity index (χ0n) is 11.7. The van der Waals surface area contributed by atoms with E-state index in [0.717, 1.165) is 25.5 Å². The van der Waals surface area contributed by atoms with Gasteiger partial charge in [-0.05, 0) is 18.4 Å². The van der Waals surface area contributed by atoms with Crippen molar-refractivity contribution in [3.8, 4) is 0 Å². The summed E-state index contributed by atoms with van der Waals surface area (Å²) in [6.07, 6.45) is 5.04. The fourth-order valence-electron chi connectivity index (χ4n) is 3.60. The van der Waals surface area contributed by atoms with Crippen molar-refractivity contribution in [2.45, 2.75) is 31.1 Å². The van der Waals surface area contributed by atoms with Gasteiger partial charge in [-0.3, -0.25) is 4.99 Å². The van der Waals surface area contributed by atoms with Gasteiger partial charge in [-0.15, -0.1) is 0 Å². The summed E-state index contributed by atoms with van der Waals surface area (Å²) in [4.78, 5) is 6.95. The molecule has 1 aromatic rings. The molecule has 3 rings (SSSR count). The summed E-state index contributed by atoms with van der Waals surface area (Å²) in [5.41, 5.74) is 9.05. The van der Waals surface area contributed by atoms with Crippen molar-refractivity contribution in [1.82, 2.24) is 4.90 Å². The number of nitrogens with two attached hydrogens (primary N) is 1. The number of hydrogen-bond acceptors (Lipinski definition) is 3. The second-order valence-corrected chi connectivity index (χ2v) is 5.86. The Morgan fingerprint density at radius 1 is 1.26 bits per heavy atom. The molecule has 3 nitrogen and oxygen atoms in total. The van der Waals surface area contributed by atoms with Gasteiger partial charge in [0.1, 0.15) is 5.84 Å². The van der Waals surface area contributed by atoms with Crippen LogP contribution < -0.4 is 5.73 Å². The minimum atomic E-state index is 0.183. The third-order valence-electron chi connectivity index (χ3n) is 4.75. The number of nitrogens with zero attached hydrogens (tertiary/aromatic N) is 2. The highest BCUT2D eigenvalue weighted by atomic mass is 15.2. The number of amidine groups is 1. The first kappa shape index (κ1) is 12.7. The average molecular weight is 257 g/mol.